The van der Waals surface area contributed by atoms with Crippen LogP contribution >= 0.6 is 0 Å². The molecule has 0 aliphatic carbocycles. The third-order valence-electron chi connectivity index (χ3n) is 2.85. The topological polar surface area (TPSA) is 38.7 Å². The van der Waals surface area contributed by atoms with Gasteiger partial charge < -0.3 is 4.74 Å². The lowest BCUT2D eigenvalue weighted by atomic mass is 10.1. The Labute approximate surface area is 98.7 Å². The van der Waals surface area contributed by atoms with E-state index in [1.54, 1.807) is 6.92 Å². The molecule has 3 rings (SSSR count). The van der Waals surface area contributed by atoms with E-state index >= 15 is 0 Å². The summed E-state index contributed by atoms with van der Waals surface area (Å²) in [6, 6.07) is 13.6. The zero-order valence-electron chi connectivity index (χ0n) is 9.38. The van der Waals surface area contributed by atoms with Crippen LogP contribution in [0.1, 0.15) is 12.5 Å². The normalized spacial score (nSPS) is 19.2. The summed E-state index contributed by atoms with van der Waals surface area (Å²) in [4.78, 5) is 15.5. The Morgan fingerprint density at radius 2 is 1.88 bits per heavy atom. The van der Waals surface area contributed by atoms with Crippen molar-refractivity contribution in [3.8, 4) is 0 Å². The number of ether oxygens (including phenoxy) is 1. The fourth-order valence-electron chi connectivity index (χ4n) is 1.89. The van der Waals surface area contributed by atoms with Crippen LogP contribution in [0.2, 0.25) is 0 Å². The molecule has 17 heavy (non-hydrogen) atoms. The first-order chi connectivity index (χ1) is 8.24. The minimum absolute atomic E-state index is 0.284. The highest BCUT2D eigenvalue weighted by Gasteiger charge is 2.25. The summed E-state index contributed by atoms with van der Waals surface area (Å²) in [5, 5.41) is 2.28. The van der Waals surface area contributed by atoms with Crippen molar-refractivity contribution < 1.29 is 9.53 Å². The van der Waals surface area contributed by atoms with Crippen LogP contribution in [-0.2, 0) is 9.53 Å². The molecule has 0 N–H and O–H groups in total. The van der Waals surface area contributed by atoms with E-state index in [0.29, 0.717) is 5.90 Å². The van der Waals surface area contributed by atoms with Crippen molar-refractivity contribution in [3.05, 3.63) is 48.0 Å². The predicted molar refractivity (Wildman–Crippen MR) is 66.0 cm³/mol. The molecule has 1 atom stereocenters. The Balaban J connectivity index is 2.07. The third-order valence-corrected chi connectivity index (χ3v) is 2.85. The maximum atomic E-state index is 11.3. The molecule has 0 saturated carbocycles. The first-order valence-corrected chi connectivity index (χ1v) is 5.53. The lowest BCUT2D eigenvalue weighted by molar-refractivity contribution is -0.134. The molecule has 1 unspecified atom stereocenters. The van der Waals surface area contributed by atoms with Crippen LogP contribution in [0.5, 0.6) is 0 Å². The molecule has 84 valence electrons. The van der Waals surface area contributed by atoms with Gasteiger partial charge in [-0.15, -0.1) is 0 Å². The highest BCUT2D eigenvalue weighted by Crippen LogP contribution is 2.19. The summed E-state index contributed by atoms with van der Waals surface area (Å²) in [7, 11) is 0. The van der Waals surface area contributed by atoms with Crippen LogP contribution in [0.4, 0.5) is 0 Å². The number of cyclic esters (lactones) is 1. The second-order valence-corrected chi connectivity index (χ2v) is 4.09. The Hall–Kier alpha value is -2.16. The smallest absolute Gasteiger partial charge is 0.337 e. The maximum absolute atomic E-state index is 11.3. The summed E-state index contributed by atoms with van der Waals surface area (Å²) in [5.74, 6) is 0.140. The zero-order valence-corrected chi connectivity index (χ0v) is 9.38. The third kappa shape index (κ3) is 1.69. The number of carbonyl (C=O) groups is 1. The van der Waals surface area contributed by atoms with E-state index in [-0.39, 0.29) is 5.97 Å². The number of esters is 1. The molecule has 0 radical (unpaired) electrons. The summed E-state index contributed by atoms with van der Waals surface area (Å²) in [6.45, 7) is 1.73. The SMILES string of the molecule is CC1N=C(c2ccc3ccccc3c2)OC1=O. The summed E-state index contributed by atoms with van der Waals surface area (Å²) < 4.78 is 5.12. The van der Waals surface area contributed by atoms with Gasteiger partial charge in [0.2, 0.25) is 5.90 Å². The van der Waals surface area contributed by atoms with Gasteiger partial charge in [0.25, 0.3) is 0 Å². The first kappa shape index (κ1) is 10.0. The summed E-state index contributed by atoms with van der Waals surface area (Å²) in [6.07, 6.45) is 0. The van der Waals surface area contributed by atoms with Gasteiger partial charge in [-0.3, -0.25) is 0 Å². The van der Waals surface area contributed by atoms with Crippen LogP contribution in [-0.4, -0.2) is 17.9 Å². The Kier molecular flexibility index (Phi) is 2.18. The average Bonchev–Trinajstić information content (AvgIpc) is 2.69. The van der Waals surface area contributed by atoms with Gasteiger partial charge in [0.15, 0.2) is 0 Å². The van der Waals surface area contributed by atoms with Crippen molar-refractivity contribution >= 4 is 22.6 Å². The number of fused-ring (bicyclic) bond motifs is 1. The van der Waals surface area contributed by atoms with Crippen LogP contribution in [0.25, 0.3) is 10.8 Å². The number of nitrogens with zero attached hydrogens (tertiary/aromatic N) is 1. The fourth-order valence-corrected chi connectivity index (χ4v) is 1.89. The van der Waals surface area contributed by atoms with Gasteiger partial charge in [0, 0.05) is 5.56 Å². The van der Waals surface area contributed by atoms with Crippen molar-refractivity contribution in [1.29, 1.82) is 0 Å². The van der Waals surface area contributed by atoms with Crippen molar-refractivity contribution in [1.82, 2.24) is 0 Å². The molecule has 0 aromatic heterocycles. The predicted octanol–water partition coefficient (Wildman–Crippen LogP) is 2.53. The van der Waals surface area contributed by atoms with E-state index in [0.717, 1.165) is 16.3 Å². The molecule has 0 amide bonds. The quantitative estimate of drug-likeness (QED) is 0.699. The zero-order chi connectivity index (χ0) is 11.8. The highest BCUT2D eigenvalue weighted by molar-refractivity contribution is 6.07. The standard InChI is InChI=1S/C14H11NO2/c1-9-14(16)17-13(15-9)12-7-6-10-4-2-3-5-11(10)8-12/h2-9H,1H3. The van der Waals surface area contributed by atoms with Crippen molar-refractivity contribution in [3.63, 3.8) is 0 Å². The highest BCUT2D eigenvalue weighted by atomic mass is 16.6. The minimum Gasteiger partial charge on any atom is -0.406 e. The minimum atomic E-state index is -0.392. The molecule has 3 heteroatoms. The van der Waals surface area contributed by atoms with E-state index in [2.05, 4.69) is 4.99 Å². The van der Waals surface area contributed by atoms with Crippen molar-refractivity contribution in [2.45, 2.75) is 13.0 Å². The Morgan fingerprint density at radius 1 is 1.12 bits per heavy atom. The van der Waals surface area contributed by atoms with Crippen LogP contribution in [0, 0.1) is 0 Å². The van der Waals surface area contributed by atoms with Gasteiger partial charge in [0.1, 0.15) is 6.04 Å². The Bertz CT molecular complexity index is 631. The molecular formula is C14H11NO2. The lowest BCUT2D eigenvalue weighted by Crippen LogP contribution is -2.10. The van der Waals surface area contributed by atoms with E-state index in [4.69, 9.17) is 4.74 Å². The molecular weight excluding hydrogens is 214 g/mol. The second-order valence-electron chi connectivity index (χ2n) is 4.09. The van der Waals surface area contributed by atoms with Crippen LogP contribution in [0.3, 0.4) is 0 Å². The van der Waals surface area contributed by atoms with E-state index < -0.39 is 6.04 Å². The monoisotopic (exact) mass is 225 g/mol. The first-order valence-electron chi connectivity index (χ1n) is 5.53. The molecule has 1 aliphatic rings. The van der Waals surface area contributed by atoms with Gasteiger partial charge in [-0.2, -0.15) is 0 Å². The number of rotatable bonds is 1. The number of hydrogen-bond acceptors (Lipinski definition) is 3. The molecule has 1 heterocycles. The van der Waals surface area contributed by atoms with Crippen molar-refractivity contribution in [2.24, 2.45) is 4.99 Å². The largest absolute Gasteiger partial charge is 0.406 e. The lowest BCUT2D eigenvalue weighted by Gasteiger charge is -2.02. The second kappa shape index (κ2) is 3.70. The fraction of sp³-hybridized carbons (Fsp3) is 0.143. The van der Waals surface area contributed by atoms with Gasteiger partial charge in [-0.1, -0.05) is 30.3 Å². The van der Waals surface area contributed by atoms with Crippen molar-refractivity contribution in [2.75, 3.05) is 0 Å². The molecule has 2 aromatic rings. The maximum Gasteiger partial charge on any atom is 0.337 e. The molecule has 0 bridgehead atoms. The van der Waals surface area contributed by atoms with Crippen LogP contribution < -0.4 is 0 Å². The van der Waals surface area contributed by atoms with Gasteiger partial charge in [-0.05, 0) is 29.8 Å². The average molecular weight is 225 g/mol. The van der Waals surface area contributed by atoms with E-state index in [9.17, 15) is 4.79 Å². The summed E-state index contributed by atoms with van der Waals surface area (Å²) >= 11 is 0. The van der Waals surface area contributed by atoms with E-state index in [1.807, 2.05) is 42.5 Å². The Morgan fingerprint density at radius 3 is 2.59 bits per heavy atom. The van der Waals surface area contributed by atoms with Gasteiger partial charge >= 0.3 is 5.97 Å². The number of hydrogen-bond donors (Lipinski definition) is 0. The number of benzene rings is 2. The van der Waals surface area contributed by atoms with Gasteiger partial charge in [0.05, 0.1) is 0 Å². The van der Waals surface area contributed by atoms with Gasteiger partial charge in [-0.25, -0.2) is 9.79 Å². The van der Waals surface area contributed by atoms with E-state index in [1.165, 1.54) is 0 Å². The molecule has 0 saturated heterocycles. The van der Waals surface area contributed by atoms with Crippen LogP contribution in [0.15, 0.2) is 47.5 Å². The number of aliphatic imine (C=N–C) groups is 1. The molecule has 0 fully saturated rings. The molecule has 1 aliphatic heterocycles. The molecule has 3 nitrogen and oxygen atoms in total. The molecule has 0 spiro atoms. The summed E-state index contributed by atoms with van der Waals surface area (Å²) in [5.41, 5.74) is 0.849. The molecule has 2 aromatic carbocycles. The number of carbonyl (C=O) groups excluding carboxylic acids is 1.